The lowest BCUT2D eigenvalue weighted by Gasteiger charge is -2.27. The van der Waals surface area contributed by atoms with Crippen molar-refractivity contribution in [3.05, 3.63) is 28.2 Å². The molecule has 1 atom stereocenters. The van der Waals surface area contributed by atoms with Gasteiger partial charge in [-0.05, 0) is 47.0 Å². The molecule has 0 amide bonds. The monoisotopic (exact) mass is 301 g/mol. The summed E-state index contributed by atoms with van der Waals surface area (Å²) in [5.74, 6) is 0.828. The van der Waals surface area contributed by atoms with Gasteiger partial charge in [-0.1, -0.05) is 13.0 Å². The zero-order valence-electron chi connectivity index (χ0n) is 10.6. The molecule has 0 saturated carbocycles. The van der Waals surface area contributed by atoms with Gasteiger partial charge in [0.25, 0.3) is 0 Å². The van der Waals surface area contributed by atoms with Crippen molar-refractivity contribution < 1.29 is 9.84 Å². The molecule has 0 saturated heterocycles. The van der Waals surface area contributed by atoms with E-state index in [0.717, 1.165) is 28.8 Å². The van der Waals surface area contributed by atoms with E-state index in [0.29, 0.717) is 0 Å². The van der Waals surface area contributed by atoms with Gasteiger partial charge >= 0.3 is 0 Å². The molecule has 0 heterocycles. The smallest absolute Gasteiger partial charge is 0.133 e. The molecule has 0 radical (unpaired) electrons. The molecular formula is C13H20BrNO2. The maximum Gasteiger partial charge on any atom is 0.133 e. The highest BCUT2D eigenvalue weighted by molar-refractivity contribution is 9.10. The predicted octanol–water partition coefficient (Wildman–Crippen LogP) is 2.71. The van der Waals surface area contributed by atoms with Crippen LogP contribution < -0.4 is 10.1 Å². The number of hydrogen-bond acceptors (Lipinski definition) is 3. The van der Waals surface area contributed by atoms with E-state index in [1.165, 1.54) is 0 Å². The Balaban J connectivity index is 2.67. The highest BCUT2D eigenvalue weighted by atomic mass is 79.9. The Labute approximate surface area is 111 Å². The summed E-state index contributed by atoms with van der Waals surface area (Å²) in [4.78, 5) is 0. The van der Waals surface area contributed by atoms with Gasteiger partial charge in [0.1, 0.15) is 5.75 Å². The minimum absolute atomic E-state index is 0.140. The minimum atomic E-state index is -0.216. The van der Waals surface area contributed by atoms with Crippen LogP contribution in [0.1, 0.15) is 25.8 Å². The van der Waals surface area contributed by atoms with Crippen LogP contribution in [0.15, 0.2) is 22.7 Å². The number of aliphatic hydroxyl groups excluding tert-OH is 1. The second kappa shape index (κ2) is 6.38. The summed E-state index contributed by atoms with van der Waals surface area (Å²) in [7, 11) is 1.65. The maximum atomic E-state index is 9.31. The van der Waals surface area contributed by atoms with E-state index in [-0.39, 0.29) is 12.1 Å². The average Bonchev–Trinajstić information content (AvgIpc) is 2.36. The number of ether oxygens (including phenoxy) is 1. The van der Waals surface area contributed by atoms with Crippen molar-refractivity contribution in [1.82, 2.24) is 5.32 Å². The van der Waals surface area contributed by atoms with Crippen molar-refractivity contribution in [3.63, 3.8) is 0 Å². The zero-order chi connectivity index (χ0) is 12.9. The molecule has 17 heavy (non-hydrogen) atoms. The molecular weight excluding hydrogens is 282 g/mol. The van der Waals surface area contributed by atoms with Crippen molar-refractivity contribution in [1.29, 1.82) is 0 Å². The van der Waals surface area contributed by atoms with E-state index in [4.69, 9.17) is 4.74 Å². The van der Waals surface area contributed by atoms with Crippen LogP contribution in [0.5, 0.6) is 5.75 Å². The number of aliphatic hydroxyl groups is 1. The van der Waals surface area contributed by atoms with Crippen LogP contribution >= 0.6 is 15.9 Å². The second-order valence-corrected chi connectivity index (χ2v) is 5.25. The van der Waals surface area contributed by atoms with Crippen molar-refractivity contribution in [2.75, 3.05) is 13.7 Å². The van der Waals surface area contributed by atoms with Crippen LogP contribution in [-0.2, 0) is 6.54 Å². The molecule has 96 valence electrons. The Morgan fingerprint density at radius 1 is 1.47 bits per heavy atom. The molecule has 1 unspecified atom stereocenters. The second-order valence-electron chi connectivity index (χ2n) is 4.39. The first-order valence-electron chi connectivity index (χ1n) is 5.73. The number of nitrogens with one attached hydrogen (secondary N) is 1. The van der Waals surface area contributed by atoms with Crippen molar-refractivity contribution in [3.8, 4) is 5.75 Å². The Hall–Kier alpha value is -0.580. The average molecular weight is 302 g/mol. The summed E-state index contributed by atoms with van der Waals surface area (Å²) in [5.41, 5.74) is 0.942. The quantitative estimate of drug-likeness (QED) is 0.849. The van der Waals surface area contributed by atoms with Gasteiger partial charge in [-0.3, -0.25) is 0 Å². The molecule has 0 aliphatic carbocycles. The highest BCUT2D eigenvalue weighted by Gasteiger charge is 2.19. The van der Waals surface area contributed by atoms with Crippen LogP contribution in [0.3, 0.4) is 0 Å². The van der Waals surface area contributed by atoms with Gasteiger partial charge in [0.15, 0.2) is 0 Å². The lowest BCUT2D eigenvalue weighted by Crippen LogP contribution is -2.44. The molecule has 0 bridgehead atoms. The molecule has 2 N–H and O–H groups in total. The fourth-order valence-electron chi connectivity index (χ4n) is 1.43. The van der Waals surface area contributed by atoms with Crippen LogP contribution in [0.2, 0.25) is 0 Å². The molecule has 0 aliphatic heterocycles. The van der Waals surface area contributed by atoms with Crippen molar-refractivity contribution >= 4 is 15.9 Å². The van der Waals surface area contributed by atoms with Crippen molar-refractivity contribution in [2.24, 2.45) is 0 Å². The SMILES string of the molecule is CCC(C)(CO)NCc1ccc(OC)c(Br)c1. The molecule has 3 nitrogen and oxygen atoms in total. The standard InChI is InChI=1S/C13H20BrNO2/c1-4-13(2,9-16)15-8-10-5-6-12(17-3)11(14)7-10/h5-7,15-16H,4,8-9H2,1-3H3. The van der Waals surface area contributed by atoms with Gasteiger partial charge in [-0.15, -0.1) is 0 Å². The minimum Gasteiger partial charge on any atom is -0.496 e. The Morgan fingerprint density at radius 2 is 2.18 bits per heavy atom. The lowest BCUT2D eigenvalue weighted by molar-refractivity contribution is 0.169. The number of methoxy groups -OCH3 is 1. The fourth-order valence-corrected chi connectivity index (χ4v) is 2.02. The Bertz CT molecular complexity index is 364. The van der Waals surface area contributed by atoms with Crippen LogP contribution in [0, 0.1) is 0 Å². The number of benzene rings is 1. The Morgan fingerprint density at radius 3 is 2.65 bits per heavy atom. The van der Waals surface area contributed by atoms with Crippen LogP contribution in [-0.4, -0.2) is 24.4 Å². The summed E-state index contributed by atoms with van der Waals surface area (Å²) in [6, 6.07) is 5.98. The van der Waals surface area contributed by atoms with E-state index in [9.17, 15) is 5.11 Å². The molecule has 1 rings (SSSR count). The third-order valence-corrected chi connectivity index (χ3v) is 3.68. The molecule has 1 aromatic rings. The summed E-state index contributed by atoms with van der Waals surface area (Å²) in [6.45, 7) is 4.95. The van der Waals surface area contributed by atoms with E-state index in [2.05, 4.69) is 28.2 Å². The number of rotatable bonds is 6. The van der Waals surface area contributed by atoms with Gasteiger partial charge in [0, 0.05) is 12.1 Å². The third-order valence-electron chi connectivity index (χ3n) is 3.06. The van der Waals surface area contributed by atoms with Gasteiger partial charge in [-0.25, -0.2) is 0 Å². The van der Waals surface area contributed by atoms with Gasteiger partial charge in [-0.2, -0.15) is 0 Å². The van der Waals surface area contributed by atoms with E-state index in [1.54, 1.807) is 7.11 Å². The van der Waals surface area contributed by atoms with Gasteiger partial charge in [0.2, 0.25) is 0 Å². The van der Waals surface area contributed by atoms with Crippen LogP contribution in [0.25, 0.3) is 0 Å². The maximum absolute atomic E-state index is 9.31. The fraction of sp³-hybridized carbons (Fsp3) is 0.538. The van der Waals surface area contributed by atoms with E-state index in [1.807, 2.05) is 25.1 Å². The molecule has 0 aromatic heterocycles. The third kappa shape index (κ3) is 3.98. The normalized spacial score (nSPS) is 14.4. The van der Waals surface area contributed by atoms with E-state index < -0.39 is 0 Å². The summed E-state index contributed by atoms with van der Waals surface area (Å²) in [6.07, 6.45) is 0.890. The van der Waals surface area contributed by atoms with E-state index >= 15 is 0 Å². The highest BCUT2D eigenvalue weighted by Crippen LogP contribution is 2.25. The molecule has 0 spiro atoms. The zero-order valence-corrected chi connectivity index (χ0v) is 12.2. The van der Waals surface area contributed by atoms with Crippen LogP contribution in [0.4, 0.5) is 0 Å². The summed E-state index contributed by atoms with van der Waals surface area (Å²) in [5, 5.41) is 12.7. The molecule has 1 aromatic carbocycles. The largest absolute Gasteiger partial charge is 0.496 e. The number of hydrogen-bond donors (Lipinski definition) is 2. The molecule has 0 fully saturated rings. The predicted molar refractivity (Wildman–Crippen MR) is 73.3 cm³/mol. The van der Waals surface area contributed by atoms with Gasteiger partial charge < -0.3 is 15.2 Å². The summed E-state index contributed by atoms with van der Waals surface area (Å²) < 4.78 is 6.13. The first-order chi connectivity index (χ1) is 8.04. The first kappa shape index (κ1) is 14.5. The number of halogens is 1. The van der Waals surface area contributed by atoms with Crippen molar-refractivity contribution in [2.45, 2.75) is 32.4 Å². The first-order valence-corrected chi connectivity index (χ1v) is 6.52. The molecule has 4 heteroatoms. The van der Waals surface area contributed by atoms with Gasteiger partial charge in [0.05, 0.1) is 18.2 Å². The summed E-state index contributed by atoms with van der Waals surface area (Å²) >= 11 is 3.46. The Kier molecular flexibility index (Phi) is 5.43. The lowest BCUT2D eigenvalue weighted by atomic mass is 10.00. The molecule has 0 aliphatic rings. The topological polar surface area (TPSA) is 41.5 Å².